The third-order valence-corrected chi connectivity index (χ3v) is 3.13. The molecule has 0 fully saturated rings. The third-order valence-electron chi connectivity index (χ3n) is 2.81. The van der Waals surface area contributed by atoms with Gasteiger partial charge in [-0.25, -0.2) is 0 Å². The van der Waals surface area contributed by atoms with E-state index < -0.39 is 0 Å². The summed E-state index contributed by atoms with van der Waals surface area (Å²) in [6.07, 6.45) is 1.76. The molecule has 2 aromatic rings. The molecule has 18 heavy (non-hydrogen) atoms. The fourth-order valence-electron chi connectivity index (χ4n) is 1.82. The highest BCUT2D eigenvalue weighted by atomic mass is 35.5. The van der Waals surface area contributed by atoms with Crippen LogP contribution in [0.25, 0.3) is 0 Å². The fourth-order valence-corrected chi connectivity index (χ4v) is 2.02. The zero-order valence-corrected chi connectivity index (χ0v) is 11.1. The van der Waals surface area contributed by atoms with Gasteiger partial charge in [0, 0.05) is 11.9 Å². The molecule has 0 aliphatic carbocycles. The molecule has 4 heteroatoms. The number of rotatable bonds is 3. The van der Waals surface area contributed by atoms with Gasteiger partial charge in [0.1, 0.15) is 5.75 Å². The maximum atomic E-state index is 6.23. The van der Waals surface area contributed by atoms with Crippen LogP contribution < -0.4 is 10.5 Å². The maximum Gasteiger partial charge on any atom is 0.137 e. The van der Waals surface area contributed by atoms with Crippen molar-refractivity contribution >= 4 is 11.6 Å². The Bertz CT molecular complexity index is 557. The molecule has 1 aromatic carbocycles. The quantitative estimate of drug-likeness (QED) is 0.925. The SMILES string of the molecule is COc1cc(C(N)c2ccnc(C)c2)ccc1Cl. The summed E-state index contributed by atoms with van der Waals surface area (Å²) >= 11 is 6.00. The molecule has 0 saturated heterocycles. The molecule has 0 radical (unpaired) electrons. The minimum absolute atomic E-state index is 0.210. The Kier molecular flexibility index (Phi) is 3.84. The smallest absolute Gasteiger partial charge is 0.137 e. The first-order valence-corrected chi connectivity index (χ1v) is 6.01. The largest absolute Gasteiger partial charge is 0.495 e. The number of pyridine rings is 1. The number of hydrogen-bond acceptors (Lipinski definition) is 3. The second-order valence-electron chi connectivity index (χ2n) is 4.10. The highest BCUT2D eigenvalue weighted by Crippen LogP contribution is 2.29. The molecule has 0 amide bonds. The summed E-state index contributed by atoms with van der Waals surface area (Å²) in [5.74, 6) is 0.635. The molecule has 0 spiro atoms. The van der Waals surface area contributed by atoms with Crippen molar-refractivity contribution in [3.63, 3.8) is 0 Å². The summed E-state index contributed by atoms with van der Waals surface area (Å²) < 4.78 is 5.20. The van der Waals surface area contributed by atoms with Crippen molar-refractivity contribution in [2.75, 3.05) is 7.11 Å². The number of aromatic nitrogens is 1. The molecule has 1 heterocycles. The first-order valence-electron chi connectivity index (χ1n) is 5.63. The molecule has 1 atom stereocenters. The molecule has 0 bridgehead atoms. The Hall–Kier alpha value is -1.58. The monoisotopic (exact) mass is 262 g/mol. The van der Waals surface area contributed by atoms with Crippen LogP contribution in [0.4, 0.5) is 0 Å². The topological polar surface area (TPSA) is 48.1 Å². The van der Waals surface area contributed by atoms with Crippen LogP contribution in [-0.2, 0) is 0 Å². The first-order chi connectivity index (χ1) is 8.61. The lowest BCUT2D eigenvalue weighted by Crippen LogP contribution is -2.12. The Labute approximate surface area is 112 Å². The normalized spacial score (nSPS) is 12.2. The van der Waals surface area contributed by atoms with Crippen LogP contribution in [0.2, 0.25) is 5.02 Å². The van der Waals surface area contributed by atoms with Crippen LogP contribution in [0.15, 0.2) is 36.5 Å². The minimum atomic E-state index is -0.210. The van der Waals surface area contributed by atoms with Crippen molar-refractivity contribution in [1.29, 1.82) is 0 Å². The van der Waals surface area contributed by atoms with Gasteiger partial charge in [-0.05, 0) is 42.3 Å². The standard InChI is InChI=1S/C14H15ClN2O/c1-9-7-11(5-6-17-9)14(16)10-3-4-12(15)13(8-10)18-2/h3-8,14H,16H2,1-2H3. The van der Waals surface area contributed by atoms with E-state index in [-0.39, 0.29) is 6.04 Å². The predicted molar refractivity (Wildman–Crippen MR) is 73.0 cm³/mol. The summed E-state index contributed by atoms with van der Waals surface area (Å²) in [6, 6.07) is 9.25. The van der Waals surface area contributed by atoms with Gasteiger partial charge in [-0.1, -0.05) is 17.7 Å². The third kappa shape index (κ3) is 2.63. The maximum absolute atomic E-state index is 6.23. The fraction of sp³-hybridized carbons (Fsp3) is 0.214. The van der Waals surface area contributed by atoms with E-state index in [2.05, 4.69) is 4.98 Å². The highest BCUT2D eigenvalue weighted by molar-refractivity contribution is 6.32. The van der Waals surface area contributed by atoms with Gasteiger partial charge in [0.05, 0.1) is 18.2 Å². The molecular weight excluding hydrogens is 248 g/mol. The average Bonchev–Trinajstić information content (AvgIpc) is 2.38. The summed E-state index contributed by atoms with van der Waals surface area (Å²) in [5.41, 5.74) is 9.16. The van der Waals surface area contributed by atoms with Crippen LogP contribution in [0.3, 0.4) is 0 Å². The van der Waals surface area contributed by atoms with Crippen molar-refractivity contribution in [3.8, 4) is 5.75 Å². The lowest BCUT2D eigenvalue weighted by molar-refractivity contribution is 0.414. The van der Waals surface area contributed by atoms with Crippen molar-refractivity contribution < 1.29 is 4.74 Å². The molecule has 2 N–H and O–H groups in total. The minimum Gasteiger partial charge on any atom is -0.495 e. The van der Waals surface area contributed by atoms with Gasteiger partial charge in [0.15, 0.2) is 0 Å². The molecule has 2 rings (SSSR count). The van der Waals surface area contributed by atoms with E-state index in [4.69, 9.17) is 22.1 Å². The van der Waals surface area contributed by atoms with Crippen LogP contribution in [-0.4, -0.2) is 12.1 Å². The molecule has 0 saturated carbocycles. The number of ether oxygens (including phenoxy) is 1. The first kappa shape index (κ1) is 12.9. The summed E-state index contributed by atoms with van der Waals surface area (Å²) in [7, 11) is 1.59. The molecule has 1 aromatic heterocycles. The second kappa shape index (κ2) is 5.38. The molecule has 94 valence electrons. The van der Waals surface area contributed by atoms with Gasteiger partial charge in [0.2, 0.25) is 0 Å². The van der Waals surface area contributed by atoms with Gasteiger partial charge >= 0.3 is 0 Å². The van der Waals surface area contributed by atoms with Gasteiger partial charge in [-0.15, -0.1) is 0 Å². The summed E-state index contributed by atoms with van der Waals surface area (Å²) in [4.78, 5) is 4.16. The van der Waals surface area contributed by atoms with E-state index in [1.807, 2.05) is 31.2 Å². The summed E-state index contributed by atoms with van der Waals surface area (Å²) in [5, 5.41) is 0.583. The van der Waals surface area contributed by atoms with Crippen LogP contribution in [0.1, 0.15) is 22.9 Å². The zero-order chi connectivity index (χ0) is 13.1. The van der Waals surface area contributed by atoms with E-state index in [1.54, 1.807) is 19.4 Å². The Balaban J connectivity index is 2.36. The van der Waals surface area contributed by atoms with Crippen molar-refractivity contribution in [2.45, 2.75) is 13.0 Å². The van der Waals surface area contributed by atoms with Gasteiger partial charge in [-0.2, -0.15) is 0 Å². The highest BCUT2D eigenvalue weighted by Gasteiger charge is 2.11. The molecule has 3 nitrogen and oxygen atoms in total. The van der Waals surface area contributed by atoms with Gasteiger partial charge in [0.25, 0.3) is 0 Å². The van der Waals surface area contributed by atoms with Crippen molar-refractivity contribution in [1.82, 2.24) is 4.98 Å². The van der Waals surface area contributed by atoms with Gasteiger partial charge < -0.3 is 10.5 Å². The number of nitrogens with two attached hydrogens (primary N) is 1. The van der Waals surface area contributed by atoms with Crippen LogP contribution in [0, 0.1) is 6.92 Å². The van der Waals surface area contributed by atoms with E-state index in [1.165, 1.54) is 0 Å². The Morgan fingerprint density at radius 3 is 2.61 bits per heavy atom. The van der Waals surface area contributed by atoms with Crippen molar-refractivity contribution in [2.24, 2.45) is 5.73 Å². The molecular formula is C14H15ClN2O. The van der Waals surface area contributed by atoms with E-state index in [0.717, 1.165) is 16.8 Å². The van der Waals surface area contributed by atoms with Gasteiger partial charge in [-0.3, -0.25) is 4.98 Å². The van der Waals surface area contributed by atoms with E-state index in [0.29, 0.717) is 10.8 Å². The van der Waals surface area contributed by atoms with Crippen LogP contribution >= 0.6 is 11.6 Å². The predicted octanol–water partition coefficient (Wildman–Crippen LogP) is 3.10. The number of hydrogen-bond donors (Lipinski definition) is 1. The summed E-state index contributed by atoms with van der Waals surface area (Å²) in [6.45, 7) is 1.94. The van der Waals surface area contributed by atoms with E-state index in [9.17, 15) is 0 Å². The molecule has 0 aliphatic rings. The molecule has 1 unspecified atom stereocenters. The number of halogens is 1. The molecule has 0 aliphatic heterocycles. The Morgan fingerprint density at radius 1 is 1.22 bits per heavy atom. The number of aryl methyl sites for hydroxylation is 1. The lowest BCUT2D eigenvalue weighted by atomic mass is 10.00. The van der Waals surface area contributed by atoms with Crippen LogP contribution in [0.5, 0.6) is 5.75 Å². The Morgan fingerprint density at radius 2 is 1.94 bits per heavy atom. The lowest BCUT2D eigenvalue weighted by Gasteiger charge is -2.14. The van der Waals surface area contributed by atoms with E-state index >= 15 is 0 Å². The zero-order valence-electron chi connectivity index (χ0n) is 10.4. The second-order valence-corrected chi connectivity index (χ2v) is 4.51. The van der Waals surface area contributed by atoms with Crippen molar-refractivity contribution in [3.05, 3.63) is 58.4 Å². The number of methoxy groups -OCH3 is 1. The average molecular weight is 263 g/mol. The number of nitrogens with zero attached hydrogens (tertiary/aromatic N) is 1. The number of benzene rings is 1.